The van der Waals surface area contributed by atoms with E-state index in [1.807, 2.05) is 6.92 Å². The molecule has 1 saturated carbocycles. The summed E-state index contributed by atoms with van der Waals surface area (Å²) >= 11 is 0. The molecule has 0 aliphatic heterocycles. The quantitative estimate of drug-likeness (QED) is 0.532. The zero-order valence-corrected chi connectivity index (χ0v) is 5.05. The minimum atomic E-state index is 0.215. The summed E-state index contributed by atoms with van der Waals surface area (Å²) in [5, 5.41) is 0. The Kier molecular flexibility index (Phi) is 1.34. The second kappa shape index (κ2) is 1.86. The standard InChI is InChI=1S/C6H11NO/c1-4(7)5-2-6(8)3-5/h4-5H,2-3,7H2,1H3/t4-/m0/s1. The molecule has 1 fully saturated rings. The van der Waals surface area contributed by atoms with E-state index in [1.165, 1.54) is 0 Å². The Bertz CT molecular complexity index is 101. The average molecular weight is 113 g/mol. The number of ketones is 1. The van der Waals surface area contributed by atoms with Gasteiger partial charge in [-0.15, -0.1) is 0 Å². The fourth-order valence-electron chi connectivity index (χ4n) is 0.897. The van der Waals surface area contributed by atoms with Gasteiger partial charge in [-0.05, 0) is 12.8 Å². The van der Waals surface area contributed by atoms with E-state index in [9.17, 15) is 4.79 Å². The van der Waals surface area contributed by atoms with Crippen molar-refractivity contribution >= 4 is 5.78 Å². The van der Waals surface area contributed by atoms with Gasteiger partial charge in [0.15, 0.2) is 0 Å². The van der Waals surface area contributed by atoms with E-state index in [0.717, 1.165) is 12.8 Å². The molecule has 1 aliphatic carbocycles. The molecular formula is C6H11NO. The highest BCUT2D eigenvalue weighted by atomic mass is 16.1. The topological polar surface area (TPSA) is 43.1 Å². The molecule has 46 valence electrons. The van der Waals surface area contributed by atoms with Gasteiger partial charge in [0.25, 0.3) is 0 Å². The highest BCUT2D eigenvalue weighted by molar-refractivity contribution is 5.84. The van der Waals surface area contributed by atoms with E-state index < -0.39 is 0 Å². The normalized spacial score (nSPS) is 25.0. The molecule has 1 rings (SSSR count). The van der Waals surface area contributed by atoms with Gasteiger partial charge in [0, 0.05) is 18.9 Å². The molecular weight excluding hydrogens is 102 g/mol. The van der Waals surface area contributed by atoms with Gasteiger partial charge >= 0.3 is 0 Å². The van der Waals surface area contributed by atoms with E-state index >= 15 is 0 Å². The lowest BCUT2D eigenvalue weighted by Gasteiger charge is -2.27. The lowest BCUT2D eigenvalue weighted by Crippen LogP contribution is -2.37. The summed E-state index contributed by atoms with van der Waals surface area (Å²) in [6.45, 7) is 1.96. The molecule has 0 aromatic carbocycles. The van der Waals surface area contributed by atoms with Crippen LogP contribution in [-0.4, -0.2) is 11.8 Å². The van der Waals surface area contributed by atoms with Gasteiger partial charge in [-0.3, -0.25) is 4.79 Å². The van der Waals surface area contributed by atoms with E-state index in [0.29, 0.717) is 11.7 Å². The van der Waals surface area contributed by atoms with Gasteiger partial charge in [-0.2, -0.15) is 0 Å². The maximum absolute atomic E-state index is 10.4. The Morgan fingerprint density at radius 3 is 2.38 bits per heavy atom. The molecule has 1 atom stereocenters. The molecule has 0 unspecified atom stereocenters. The first-order chi connectivity index (χ1) is 3.70. The van der Waals surface area contributed by atoms with Crippen molar-refractivity contribution in [1.29, 1.82) is 0 Å². The molecule has 2 nitrogen and oxygen atoms in total. The predicted molar refractivity (Wildman–Crippen MR) is 31.4 cm³/mol. The molecule has 0 heterocycles. The second-order valence-electron chi connectivity index (χ2n) is 2.57. The maximum Gasteiger partial charge on any atom is 0.133 e. The summed E-state index contributed by atoms with van der Waals surface area (Å²) in [7, 11) is 0. The van der Waals surface area contributed by atoms with Crippen molar-refractivity contribution in [1.82, 2.24) is 0 Å². The summed E-state index contributed by atoms with van der Waals surface area (Å²) in [6.07, 6.45) is 1.44. The number of nitrogens with two attached hydrogens (primary N) is 1. The molecule has 0 amide bonds. The van der Waals surface area contributed by atoms with Crippen molar-refractivity contribution in [3.05, 3.63) is 0 Å². The Morgan fingerprint density at radius 1 is 1.75 bits per heavy atom. The molecule has 0 radical (unpaired) electrons. The third-order valence-electron chi connectivity index (χ3n) is 1.72. The van der Waals surface area contributed by atoms with Gasteiger partial charge in [0.2, 0.25) is 0 Å². The van der Waals surface area contributed by atoms with Crippen LogP contribution in [-0.2, 0) is 4.79 Å². The van der Waals surface area contributed by atoms with Crippen LogP contribution < -0.4 is 5.73 Å². The molecule has 0 aromatic rings. The van der Waals surface area contributed by atoms with Crippen molar-refractivity contribution < 1.29 is 4.79 Å². The Balaban J connectivity index is 2.25. The zero-order chi connectivity index (χ0) is 6.15. The Hall–Kier alpha value is -0.370. The van der Waals surface area contributed by atoms with Crippen LogP contribution in [0.1, 0.15) is 19.8 Å². The molecule has 8 heavy (non-hydrogen) atoms. The Morgan fingerprint density at radius 2 is 2.25 bits per heavy atom. The van der Waals surface area contributed by atoms with Crippen LogP contribution in [0.5, 0.6) is 0 Å². The van der Waals surface area contributed by atoms with Crippen molar-refractivity contribution in [2.75, 3.05) is 0 Å². The minimum absolute atomic E-state index is 0.215. The number of carbonyl (C=O) groups excluding carboxylic acids is 1. The third-order valence-corrected chi connectivity index (χ3v) is 1.72. The first kappa shape index (κ1) is 5.76. The highest BCUT2D eigenvalue weighted by Crippen LogP contribution is 2.24. The van der Waals surface area contributed by atoms with Crippen LogP contribution in [0.2, 0.25) is 0 Å². The summed E-state index contributed by atoms with van der Waals surface area (Å²) in [6, 6.07) is 0.215. The van der Waals surface area contributed by atoms with Crippen LogP contribution in [0, 0.1) is 5.92 Å². The molecule has 2 N–H and O–H groups in total. The number of hydrogen-bond acceptors (Lipinski definition) is 2. The molecule has 1 aliphatic rings. The van der Waals surface area contributed by atoms with Crippen LogP contribution in [0.4, 0.5) is 0 Å². The molecule has 0 bridgehead atoms. The number of Topliss-reactive ketones (excluding diaryl/α,β-unsaturated/α-hetero) is 1. The smallest absolute Gasteiger partial charge is 0.133 e. The van der Waals surface area contributed by atoms with Gasteiger partial charge < -0.3 is 5.73 Å². The monoisotopic (exact) mass is 113 g/mol. The first-order valence-corrected chi connectivity index (χ1v) is 2.97. The fraction of sp³-hybridized carbons (Fsp3) is 0.833. The van der Waals surface area contributed by atoms with Crippen molar-refractivity contribution in [2.24, 2.45) is 11.7 Å². The van der Waals surface area contributed by atoms with E-state index in [-0.39, 0.29) is 6.04 Å². The summed E-state index contributed by atoms with van der Waals surface area (Å²) in [5.74, 6) is 0.856. The summed E-state index contributed by atoms with van der Waals surface area (Å²) < 4.78 is 0. The third kappa shape index (κ3) is 0.892. The lowest BCUT2D eigenvalue weighted by molar-refractivity contribution is -0.127. The molecule has 0 spiro atoms. The number of hydrogen-bond donors (Lipinski definition) is 1. The second-order valence-corrected chi connectivity index (χ2v) is 2.57. The van der Waals surface area contributed by atoms with Crippen LogP contribution in [0.25, 0.3) is 0 Å². The highest BCUT2D eigenvalue weighted by Gasteiger charge is 2.28. The lowest BCUT2D eigenvalue weighted by atomic mass is 9.80. The van der Waals surface area contributed by atoms with Gasteiger partial charge in [0.1, 0.15) is 5.78 Å². The van der Waals surface area contributed by atoms with Gasteiger partial charge in [-0.25, -0.2) is 0 Å². The SMILES string of the molecule is C[C@H](N)C1CC(=O)C1. The van der Waals surface area contributed by atoms with Crippen LogP contribution in [0.15, 0.2) is 0 Å². The summed E-state index contributed by atoms with van der Waals surface area (Å²) in [5.41, 5.74) is 5.51. The van der Waals surface area contributed by atoms with Crippen molar-refractivity contribution in [3.8, 4) is 0 Å². The van der Waals surface area contributed by atoms with E-state index in [4.69, 9.17) is 5.73 Å². The van der Waals surface area contributed by atoms with Gasteiger partial charge in [0.05, 0.1) is 0 Å². The van der Waals surface area contributed by atoms with Crippen molar-refractivity contribution in [3.63, 3.8) is 0 Å². The Labute approximate surface area is 49.1 Å². The van der Waals surface area contributed by atoms with Crippen molar-refractivity contribution in [2.45, 2.75) is 25.8 Å². The zero-order valence-electron chi connectivity index (χ0n) is 5.05. The fourth-order valence-corrected chi connectivity index (χ4v) is 0.897. The molecule has 0 saturated heterocycles. The van der Waals surface area contributed by atoms with Gasteiger partial charge in [-0.1, -0.05) is 0 Å². The number of carbonyl (C=O) groups is 1. The first-order valence-electron chi connectivity index (χ1n) is 2.97. The summed E-state index contributed by atoms with van der Waals surface area (Å²) in [4.78, 5) is 10.4. The molecule has 2 heteroatoms. The van der Waals surface area contributed by atoms with Crippen LogP contribution in [0.3, 0.4) is 0 Å². The number of rotatable bonds is 1. The predicted octanol–water partition coefficient (Wildman–Crippen LogP) is 0.313. The maximum atomic E-state index is 10.4. The van der Waals surface area contributed by atoms with E-state index in [2.05, 4.69) is 0 Å². The molecule has 0 aromatic heterocycles. The van der Waals surface area contributed by atoms with Crippen LogP contribution >= 0.6 is 0 Å². The minimum Gasteiger partial charge on any atom is -0.328 e. The average Bonchev–Trinajstić information content (AvgIpc) is 1.57. The largest absolute Gasteiger partial charge is 0.328 e. The van der Waals surface area contributed by atoms with E-state index in [1.54, 1.807) is 0 Å².